The van der Waals surface area contributed by atoms with Gasteiger partial charge in [-0.15, -0.1) is 0 Å². The summed E-state index contributed by atoms with van der Waals surface area (Å²) in [6, 6.07) is 16.8. The molecule has 3 rings (SSSR count). The van der Waals surface area contributed by atoms with Gasteiger partial charge in [-0.3, -0.25) is 9.69 Å². The summed E-state index contributed by atoms with van der Waals surface area (Å²) in [6.45, 7) is 0.368. The number of nitrogens with zero attached hydrogens (tertiary/aromatic N) is 1. The first kappa shape index (κ1) is 14.2. The lowest BCUT2D eigenvalue weighted by Gasteiger charge is -2.37. The summed E-state index contributed by atoms with van der Waals surface area (Å²) in [5.41, 5.74) is 1.67. The molecule has 0 aromatic heterocycles. The van der Waals surface area contributed by atoms with Crippen molar-refractivity contribution in [2.24, 2.45) is 0 Å². The molecule has 0 saturated carbocycles. The molecule has 1 aliphatic rings. The number of anilines is 1. The Morgan fingerprint density at radius 3 is 2.48 bits per heavy atom. The molecular formula is C16H13Cl2NO2. The van der Waals surface area contributed by atoms with Crippen molar-refractivity contribution in [3.05, 3.63) is 60.2 Å². The minimum atomic E-state index is -1.11. The van der Waals surface area contributed by atoms with Crippen LogP contribution in [-0.4, -0.2) is 17.4 Å². The van der Waals surface area contributed by atoms with Gasteiger partial charge in [0.05, 0.1) is 11.7 Å². The van der Waals surface area contributed by atoms with Gasteiger partial charge < -0.3 is 4.74 Å². The lowest BCUT2D eigenvalue weighted by atomic mass is 10.0. The van der Waals surface area contributed by atoms with Gasteiger partial charge in [0.15, 0.2) is 4.84 Å². The number of fused-ring (bicyclic) bond motifs is 1. The van der Waals surface area contributed by atoms with Crippen molar-refractivity contribution in [3.8, 4) is 5.75 Å². The highest BCUT2D eigenvalue weighted by Crippen LogP contribution is 2.40. The quantitative estimate of drug-likeness (QED) is 0.783. The molecule has 0 radical (unpaired) electrons. The Labute approximate surface area is 133 Å². The molecule has 2 aromatic rings. The molecule has 0 spiro atoms. The SMILES string of the molecule is O=C(C(Cl)Cl)N1c2ccccc2OC[C@H]1c1ccccc1. The molecule has 1 atom stereocenters. The van der Waals surface area contributed by atoms with Crippen LogP contribution in [0.2, 0.25) is 0 Å². The van der Waals surface area contributed by atoms with Crippen LogP contribution in [0.5, 0.6) is 5.75 Å². The predicted molar refractivity (Wildman–Crippen MR) is 84.1 cm³/mol. The van der Waals surface area contributed by atoms with Gasteiger partial charge in [0.1, 0.15) is 12.4 Å². The topological polar surface area (TPSA) is 29.5 Å². The number of amides is 1. The zero-order valence-corrected chi connectivity index (χ0v) is 12.6. The lowest BCUT2D eigenvalue weighted by molar-refractivity contribution is -0.117. The minimum absolute atomic E-state index is 0.242. The predicted octanol–water partition coefficient (Wildman–Crippen LogP) is 3.96. The van der Waals surface area contributed by atoms with Crippen LogP contribution in [0.4, 0.5) is 5.69 Å². The molecule has 3 nitrogen and oxygen atoms in total. The molecule has 1 heterocycles. The molecule has 0 aliphatic carbocycles. The van der Waals surface area contributed by atoms with Gasteiger partial charge in [-0.25, -0.2) is 0 Å². The van der Waals surface area contributed by atoms with Crippen molar-refractivity contribution in [2.75, 3.05) is 11.5 Å². The molecular weight excluding hydrogens is 309 g/mol. The first-order valence-electron chi connectivity index (χ1n) is 6.56. The maximum absolute atomic E-state index is 12.5. The monoisotopic (exact) mass is 321 g/mol. The van der Waals surface area contributed by atoms with Gasteiger partial charge in [-0.2, -0.15) is 0 Å². The fourth-order valence-electron chi connectivity index (χ4n) is 2.49. The summed E-state index contributed by atoms with van der Waals surface area (Å²) in [7, 11) is 0. The average Bonchev–Trinajstić information content (AvgIpc) is 2.53. The second kappa shape index (κ2) is 5.96. The number of rotatable bonds is 2. The van der Waals surface area contributed by atoms with E-state index in [1.165, 1.54) is 0 Å². The number of hydrogen-bond acceptors (Lipinski definition) is 2. The van der Waals surface area contributed by atoms with Crippen molar-refractivity contribution >= 4 is 34.8 Å². The first-order valence-corrected chi connectivity index (χ1v) is 7.44. The molecule has 5 heteroatoms. The molecule has 0 fully saturated rings. The van der Waals surface area contributed by atoms with E-state index in [2.05, 4.69) is 0 Å². The Balaban J connectivity index is 2.07. The number of benzene rings is 2. The number of carbonyl (C=O) groups is 1. The van der Waals surface area contributed by atoms with Gasteiger partial charge in [0.25, 0.3) is 5.91 Å². The van der Waals surface area contributed by atoms with Crippen molar-refractivity contribution in [1.82, 2.24) is 0 Å². The molecule has 1 aliphatic heterocycles. The standard InChI is InChI=1S/C16H13Cl2NO2/c17-15(18)16(20)19-12-8-4-5-9-14(12)21-10-13(19)11-6-2-1-3-7-11/h1-9,13,15H,10H2/t13-/m0/s1. The normalized spacial score (nSPS) is 17.3. The van der Waals surface area contributed by atoms with Crippen LogP contribution in [0, 0.1) is 0 Å². The van der Waals surface area contributed by atoms with E-state index in [0.717, 1.165) is 5.56 Å². The zero-order valence-electron chi connectivity index (χ0n) is 11.1. The molecule has 1 amide bonds. The number of para-hydroxylation sites is 2. The fourth-order valence-corrected chi connectivity index (χ4v) is 2.70. The largest absolute Gasteiger partial charge is 0.489 e. The molecule has 21 heavy (non-hydrogen) atoms. The fraction of sp³-hybridized carbons (Fsp3) is 0.188. The summed E-state index contributed by atoms with van der Waals surface area (Å²) in [6.07, 6.45) is 0. The average molecular weight is 322 g/mol. The number of alkyl halides is 2. The first-order chi connectivity index (χ1) is 10.2. The van der Waals surface area contributed by atoms with Crippen LogP contribution in [0.1, 0.15) is 11.6 Å². The van der Waals surface area contributed by atoms with E-state index in [-0.39, 0.29) is 11.9 Å². The maximum Gasteiger partial charge on any atom is 0.261 e. The second-order valence-corrected chi connectivity index (χ2v) is 5.81. The van der Waals surface area contributed by atoms with Gasteiger partial charge in [-0.1, -0.05) is 65.7 Å². The van der Waals surface area contributed by atoms with E-state index in [0.29, 0.717) is 18.0 Å². The second-order valence-electron chi connectivity index (χ2n) is 4.71. The smallest absolute Gasteiger partial charge is 0.261 e. The Morgan fingerprint density at radius 2 is 1.76 bits per heavy atom. The van der Waals surface area contributed by atoms with E-state index >= 15 is 0 Å². The molecule has 0 N–H and O–H groups in total. The Bertz CT molecular complexity index is 646. The van der Waals surface area contributed by atoms with Crippen molar-refractivity contribution in [3.63, 3.8) is 0 Å². The van der Waals surface area contributed by atoms with Crippen molar-refractivity contribution < 1.29 is 9.53 Å². The van der Waals surface area contributed by atoms with E-state index in [4.69, 9.17) is 27.9 Å². The Hall–Kier alpha value is -1.71. The van der Waals surface area contributed by atoms with Crippen LogP contribution >= 0.6 is 23.2 Å². The third-order valence-corrected chi connectivity index (χ3v) is 3.81. The summed E-state index contributed by atoms with van der Waals surface area (Å²) in [5.74, 6) is 0.315. The Kier molecular flexibility index (Phi) is 4.04. The minimum Gasteiger partial charge on any atom is -0.489 e. The molecule has 108 valence electrons. The highest BCUT2D eigenvalue weighted by atomic mass is 35.5. The van der Waals surface area contributed by atoms with Gasteiger partial charge in [0, 0.05) is 0 Å². The Morgan fingerprint density at radius 1 is 1.10 bits per heavy atom. The number of halogens is 2. The van der Waals surface area contributed by atoms with Crippen LogP contribution in [0.15, 0.2) is 54.6 Å². The maximum atomic E-state index is 12.5. The van der Waals surface area contributed by atoms with Crippen LogP contribution in [0.3, 0.4) is 0 Å². The highest BCUT2D eigenvalue weighted by Gasteiger charge is 2.35. The van der Waals surface area contributed by atoms with Crippen LogP contribution in [0.25, 0.3) is 0 Å². The number of carbonyl (C=O) groups excluding carboxylic acids is 1. The molecule has 0 unspecified atom stereocenters. The van der Waals surface area contributed by atoms with Gasteiger partial charge in [-0.05, 0) is 17.7 Å². The van der Waals surface area contributed by atoms with E-state index in [9.17, 15) is 4.79 Å². The number of ether oxygens (including phenoxy) is 1. The van der Waals surface area contributed by atoms with E-state index in [1.807, 2.05) is 54.6 Å². The third kappa shape index (κ3) is 2.71. The van der Waals surface area contributed by atoms with Gasteiger partial charge in [0.2, 0.25) is 0 Å². The lowest BCUT2D eigenvalue weighted by Crippen LogP contribution is -2.43. The van der Waals surface area contributed by atoms with Crippen molar-refractivity contribution in [2.45, 2.75) is 10.9 Å². The highest BCUT2D eigenvalue weighted by molar-refractivity contribution is 6.54. The van der Waals surface area contributed by atoms with Crippen LogP contribution < -0.4 is 9.64 Å². The summed E-state index contributed by atoms with van der Waals surface area (Å²) in [4.78, 5) is 13.0. The molecule has 0 saturated heterocycles. The van der Waals surface area contributed by atoms with Gasteiger partial charge >= 0.3 is 0 Å². The third-order valence-electron chi connectivity index (χ3n) is 3.44. The summed E-state index contributed by atoms with van der Waals surface area (Å²) < 4.78 is 5.77. The summed E-state index contributed by atoms with van der Waals surface area (Å²) >= 11 is 11.6. The zero-order chi connectivity index (χ0) is 14.8. The molecule has 2 aromatic carbocycles. The van der Waals surface area contributed by atoms with Crippen molar-refractivity contribution in [1.29, 1.82) is 0 Å². The van der Waals surface area contributed by atoms with E-state index in [1.54, 1.807) is 4.90 Å². The number of hydrogen-bond donors (Lipinski definition) is 0. The van der Waals surface area contributed by atoms with Crippen LogP contribution in [-0.2, 0) is 4.79 Å². The van der Waals surface area contributed by atoms with E-state index < -0.39 is 4.84 Å². The molecule has 0 bridgehead atoms. The summed E-state index contributed by atoms with van der Waals surface area (Å²) in [5, 5.41) is 0.